The van der Waals surface area contributed by atoms with Crippen molar-refractivity contribution in [2.24, 2.45) is 11.3 Å². The van der Waals surface area contributed by atoms with Gasteiger partial charge in [0.15, 0.2) is 5.79 Å². The Bertz CT molecular complexity index is 628. The van der Waals surface area contributed by atoms with Gasteiger partial charge in [-0.1, -0.05) is 33.1 Å². The Morgan fingerprint density at radius 2 is 1.85 bits per heavy atom. The molecule has 152 valence electrons. The Morgan fingerprint density at radius 1 is 1.11 bits per heavy atom. The fraction of sp³-hybridized carbons (Fsp3) is 0.826. The molecule has 0 aromatic rings. The van der Waals surface area contributed by atoms with Crippen molar-refractivity contribution in [1.82, 2.24) is 0 Å². The molecule has 2 aliphatic heterocycles. The minimum absolute atomic E-state index is 0.132. The van der Waals surface area contributed by atoms with Gasteiger partial charge in [0.25, 0.3) is 0 Å². The molecule has 2 fully saturated rings. The highest BCUT2D eigenvalue weighted by Gasteiger charge is 2.54. The van der Waals surface area contributed by atoms with E-state index in [0.717, 1.165) is 45.3 Å². The van der Waals surface area contributed by atoms with Gasteiger partial charge in [-0.3, -0.25) is 0 Å². The summed E-state index contributed by atoms with van der Waals surface area (Å²) >= 11 is 0. The van der Waals surface area contributed by atoms with E-state index in [4.69, 9.17) is 14.2 Å². The molecule has 0 aromatic carbocycles. The smallest absolute Gasteiger partial charge is 0.168 e. The molecule has 4 aliphatic rings. The first-order valence-electron chi connectivity index (χ1n) is 11.0. The lowest BCUT2D eigenvalue weighted by Crippen LogP contribution is -2.47. The maximum Gasteiger partial charge on any atom is 0.168 e. The molecule has 1 saturated heterocycles. The summed E-state index contributed by atoms with van der Waals surface area (Å²) in [5.74, 6) is 1.68. The third kappa shape index (κ3) is 3.58. The van der Waals surface area contributed by atoms with Crippen LogP contribution in [-0.4, -0.2) is 32.7 Å². The molecule has 3 atom stereocenters. The van der Waals surface area contributed by atoms with Crippen LogP contribution in [-0.2, 0) is 14.2 Å². The van der Waals surface area contributed by atoms with Crippen LogP contribution in [0.15, 0.2) is 24.0 Å². The largest absolute Gasteiger partial charge is 0.488 e. The van der Waals surface area contributed by atoms with E-state index in [-0.39, 0.29) is 16.8 Å². The first kappa shape index (κ1) is 19.7. The molecule has 0 amide bonds. The molecule has 1 saturated carbocycles. The fourth-order valence-corrected chi connectivity index (χ4v) is 8.51. The molecule has 0 radical (unpaired) electrons. The lowest BCUT2D eigenvalue weighted by molar-refractivity contribution is -0.203. The zero-order chi connectivity index (χ0) is 19.3. The van der Waals surface area contributed by atoms with Crippen LogP contribution < -0.4 is 0 Å². The topological polar surface area (TPSA) is 27.7 Å². The summed E-state index contributed by atoms with van der Waals surface area (Å²) in [7, 11) is -1.23. The predicted molar refractivity (Wildman–Crippen MR) is 112 cm³/mol. The minimum atomic E-state index is -1.23. The van der Waals surface area contributed by atoms with Crippen LogP contribution in [0.25, 0.3) is 0 Å². The Labute approximate surface area is 166 Å². The Balaban J connectivity index is 1.61. The summed E-state index contributed by atoms with van der Waals surface area (Å²) in [5.41, 5.74) is 1.73. The maximum absolute atomic E-state index is 6.85. The molecule has 4 rings (SSSR count). The van der Waals surface area contributed by atoms with E-state index in [2.05, 4.69) is 39.2 Å². The van der Waals surface area contributed by atoms with Crippen molar-refractivity contribution in [2.45, 2.75) is 95.4 Å². The third-order valence-electron chi connectivity index (χ3n) is 7.61. The van der Waals surface area contributed by atoms with E-state index >= 15 is 0 Å². The summed E-state index contributed by atoms with van der Waals surface area (Å²) in [4.78, 5) is 0. The van der Waals surface area contributed by atoms with Crippen LogP contribution >= 0.6 is 0 Å². The summed E-state index contributed by atoms with van der Waals surface area (Å²) in [6.07, 6.45) is 11.2. The minimum Gasteiger partial charge on any atom is -0.488 e. The SMILES string of the molecule is C=C[C@@]1(C[Si](C)(C)C)CCC2=C(CCC[C@@H]3CC4(CC[C@]23C)OCCO4)O1. The van der Waals surface area contributed by atoms with Crippen LogP contribution in [0.2, 0.25) is 25.7 Å². The van der Waals surface area contributed by atoms with Gasteiger partial charge in [-0.05, 0) is 61.1 Å². The van der Waals surface area contributed by atoms with Crippen LogP contribution in [0.1, 0.15) is 58.3 Å². The predicted octanol–water partition coefficient (Wildman–Crippen LogP) is 6.05. The van der Waals surface area contributed by atoms with Crippen LogP contribution in [0.5, 0.6) is 0 Å². The van der Waals surface area contributed by atoms with Gasteiger partial charge in [-0.25, -0.2) is 0 Å². The number of ether oxygens (including phenoxy) is 3. The highest BCUT2D eigenvalue weighted by atomic mass is 28.3. The standard InChI is InChI=1S/C23H38O3Si/c1-6-22(17-27(3,4)5)11-10-19-20(26-22)9-7-8-18-16-23(24-14-15-25-23)13-12-21(18,19)2/h6,18H,1,7-17H2,2-5H3/t18-,21+,22+/m1/s1. The molecule has 0 unspecified atom stereocenters. The number of rotatable bonds is 3. The highest BCUT2D eigenvalue weighted by molar-refractivity contribution is 6.76. The van der Waals surface area contributed by atoms with E-state index in [9.17, 15) is 0 Å². The van der Waals surface area contributed by atoms with Gasteiger partial charge in [0.2, 0.25) is 0 Å². The van der Waals surface area contributed by atoms with Crippen molar-refractivity contribution in [1.29, 1.82) is 0 Å². The summed E-state index contributed by atoms with van der Waals surface area (Å²) in [6.45, 7) is 15.5. The van der Waals surface area contributed by atoms with Gasteiger partial charge in [-0.15, -0.1) is 0 Å². The van der Waals surface area contributed by atoms with Crippen LogP contribution in [0.4, 0.5) is 0 Å². The quantitative estimate of drug-likeness (QED) is 0.434. The lowest BCUT2D eigenvalue weighted by Gasteiger charge is -2.51. The summed E-state index contributed by atoms with van der Waals surface area (Å²) in [5, 5.41) is 0. The van der Waals surface area contributed by atoms with Gasteiger partial charge in [0.05, 0.1) is 19.0 Å². The lowest BCUT2D eigenvalue weighted by atomic mass is 9.60. The Morgan fingerprint density at radius 3 is 2.52 bits per heavy atom. The Hall–Kier alpha value is -0.583. The number of fused-ring (bicyclic) bond motifs is 2. The van der Waals surface area contributed by atoms with Crippen molar-refractivity contribution in [3.8, 4) is 0 Å². The molecular formula is C23H38O3Si. The van der Waals surface area contributed by atoms with Gasteiger partial charge in [0.1, 0.15) is 5.60 Å². The summed E-state index contributed by atoms with van der Waals surface area (Å²) < 4.78 is 19.0. The van der Waals surface area contributed by atoms with E-state index < -0.39 is 8.07 Å². The van der Waals surface area contributed by atoms with Crippen molar-refractivity contribution in [3.63, 3.8) is 0 Å². The van der Waals surface area contributed by atoms with E-state index in [1.807, 2.05) is 0 Å². The molecule has 27 heavy (non-hydrogen) atoms. The van der Waals surface area contributed by atoms with Crippen LogP contribution in [0.3, 0.4) is 0 Å². The molecule has 1 spiro atoms. The molecule has 0 aromatic heterocycles. The molecule has 3 nitrogen and oxygen atoms in total. The molecule has 4 heteroatoms. The molecular weight excluding hydrogens is 352 g/mol. The molecule has 0 N–H and O–H groups in total. The fourth-order valence-electron chi connectivity index (χ4n) is 6.32. The van der Waals surface area contributed by atoms with Gasteiger partial charge < -0.3 is 14.2 Å². The zero-order valence-electron chi connectivity index (χ0n) is 17.9. The molecule has 2 heterocycles. The second kappa shape index (κ2) is 6.74. The second-order valence-corrected chi connectivity index (χ2v) is 16.3. The molecule has 2 aliphatic carbocycles. The highest BCUT2D eigenvalue weighted by Crippen LogP contribution is 2.59. The summed E-state index contributed by atoms with van der Waals surface area (Å²) in [6, 6.07) is 1.17. The second-order valence-electron chi connectivity index (χ2n) is 10.8. The van der Waals surface area contributed by atoms with E-state index in [1.54, 1.807) is 5.57 Å². The van der Waals surface area contributed by atoms with E-state index in [1.165, 1.54) is 31.1 Å². The van der Waals surface area contributed by atoms with Crippen molar-refractivity contribution < 1.29 is 14.2 Å². The normalized spacial score (nSPS) is 38.7. The Kier molecular flexibility index (Phi) is 4.92. The zero-order valence-corrected chi connectivity index (χ0v) is 18.9. The number of hydrogen-bond acceptors (Lipinski definition) is 3. The maximum atomic E-state index is 6.85. The average molecular weight is 391 g/mol. The van der Waals surface area contributed by atoms with Gasteiger partial charge >= 0.3 is 0 Å². The van der Waals surface area contributed by atoms with Crippen molar-refractivity contribution in [2.75, 3.05) is 13.2 Å². The number of hydrogen-bond donors (Lipinski definition) is 0. The molecule has 0 bridgehead atoms. The van der Waals surface area contributed by atoms with Crippen molar-refractivity contribution >= 4 is 8.07 Å². The third-order valence-corrected chi connectivity index (χ3v) is 9.26. The van der Waals surface area contributed by atoms with Gasteiger partial charge in [0, 0.05) is 27.3 Å². The number of allylic oxidation sites excluding steroid dienone is 2. The average Bonchev–Trinajstić information content (AvgIpc) is 3.00. The van der Waals surface area contributed by atoms with E-state index in [0.29, 0.717) is 5.92 Å². The van der Waals surface area contributed by atoms with Crippen molar-refractivity contribution in [3.05, 3.63) is 24.0 Å². The van der Waals surface area contributed by atoms with Crippen LogP contribution in [0, 0.1) is 11.3 Å². The first-order chi connectivity index (χ1) is 12.7. The first-order valence-corrected chi connectivity index (χ1v) is 14.7. The van der Waals surface area contributed by atoms with Gasteiger partial charge in [-0.2, -0.15) is 0 Å². The monoisotopic (exact) mass is 390 g/mol.